The van der Waals surface area contributed by atoms with Crippen molar-refractivity contribution in [1.29, 1.82) is 0 Å². The molecule has 1 aromatic carbocycles. The highest BCUT2D eigenvalue weighted by atomic mass is 15.0. The van der Waals surface area contributed by atoms with Crippen molar-refractivity contribution in [2.24, 2.45) is 0 Å². The van der Waals surface area contributed by atoms with E-state index in [4.69, 9.17) is 0 Å². The average Bonchev–Trinajstić information content (AvgIpc) is 2.01. The second kappa shape index (κ2) is 4.04. The van der Waals surface area contributed by atoms with Gasteiger partial charge in [0.15, 0.2) is 0 Å². The summed E-state index contributed by atoms with van der Waals surface area (Å²) >= 11 is 0. The van der Waals surface area contributed by atoms with Gasteiger partial charge < -0.3 is 5.32 Å². The predicted molar refractivity (Wildman–Crippen MR) is 63.9 cm³/mol. The molecule has 0 aliphatic carbocycles. The molecule has 1 nitrogen and oxygen atoms in total. The van der Waals surface area contributed by atoms with Gasteiger partial charge in [0.25, 0.3) is 0 Å². The summed E-state index contributed by atoms with van der Waals surface area (Å²) in [6.45, 7) is 10.9. The summed E-state index contributed by atoms with van der Waals surface area (Å²) in [6.07, 6.45) is 1.12. The van der Waals surface area contributed by atoms with E-state index in [2.05, 4.69) is 58.1 Å². The Morgan fingerprint density at radius 1 is 1.07 bits per heavy atom. The van der Waals surface area contributed by atoms with Gasteiger partial charge in [-0.3, -0.25) is 0 Å². The van der Waals surface area contributed by atoms with Crippen LogP contribution in [-0.2, 0) is 0 Å². The summed E-state index contributed by atoms with van der Waals surface area (Å²) in [5.74, 6) is 0. The van der Waals surface area contributed by atoms with Gasteiger partial charge in [-0.1, -0.05) is 13.0 Å². The molecule has 0 radical (unpaired) electrons. The summed E-state index contributed by atoms with van der Waals surface area (Å²) in [4.78, 5) is 0. The SMILES string of the molecule is CCC(C)(C)Nc1cc(C)cc(C)c1. The second-order valence-electron chi connectivity index (χ2n) is 4.74. The van der Waals surface area contributed by atoms with Crippen LogP contribution in [0, 0.1) is 13.8 Å². The van der Waals surface area contributed by atoms with E-state index >= 15 is 0 Å². The normalized spacial score (nSPS) is 11.5. The van der Waals surface area contributed by atoms with Crippen molar-refractivity contribution in [1.82, 2.24) is 0 Å². The van der Waals surface area contributed by atoms with Gasteiger partial charge >= 0.3 is 0 Å². The monoisotopic (exact) mass is 191 g/mol. The average molecular weight is 191 g/mol. The van der Waals surface area contributed by atoms with Gasteiger partial charge in [-0.2, -0.15) is 0 Å². The standard InChI is InChI=1S/C13H21N/c1-6-13(4,5)14-12-8-10(2)7-11(3)9-12/h7-9,14H,6H2,1-5H3. The summed E-state index contributed by atoms with van der Waals surface area (Å²) in [6, 6.07) is 6.60. The smallest absolute Gasteiger partial charge is 0.0349 e. The zero-order valence-electron chi connectivity index (χ0n) is 9.94. The number of hydrogen-bond acceptors (Lipinski definition) is 1. The second-order valence-corrected chi connectivity index (χ2v) is 4.74. The van der Waals surface area contributed by atoms with Crippen molar-refractivity contribution < 1.29 is 0 Å². The largest absolute Gasteiger partial charge is 0.380 e. The Balaban J connectivity index is 2.87. The molecule has 0 aromatic heterocycles. The first-order valence-electron chi connectivity index (χ1n) is 5.29. The Morgan fingerprint density at radius 2 is 1.57 bits per heavy atom. The quantitative estimate of drug-likeness (QED) is 0.764. The van der Waals surface area contributed by atoms with Crippen LogP contribution < -0.4 is 5.32 Å². The van der Waals surface area contributed by atoms with Crippen molar-refractivity contribution in [3.8, 4) is 0 Å². The minimum atomic E-state index is 0.181. The Morgan fingerprint density at radius 3 is 2.00 bits per heavy atom. The maximum absolute atomic E-state index is 3.55. The number of benzene rings is 1. The van der Waals surface area contributed by atoms with Crippen LogP contribution in [0.1, 0.15) is 38.3 Å². The van der Waals surface area contributed by atoms with Gasteiger partial charge in [-0.05, 0) is 57.4 Å². The van der Waals surface area contributed by atoms with Crippen LogP contribution in [0.25, 0.3) is 0 Å². The fourth-order valence-electron chi connectivity index (χ4n) is 1.53. The molecule has 0 spiro atoms. The maximum Gasteiger partial charge on any atom is 0.0349 e. The Hall–Kier alpha value is -0.980. The minimum absolute atomic E-state index is 0.181. The lowest BCUT2D eigenvalue weighted by molar-refractivity contribution is 0.547. The molecule has 0 atom stereocenters. The molecule has 0 aliphatic heterocycles. The molecule has 14 heavy (non-hydrogen) atoms. The van der Waals surface area contributed by atoms with Gasteiger partial charge in [0, 0.05) is 11.2 Å². The molecule has 0 amide bonds. The lowest BCUT2D eigenvalue weighted by atomic mass is 10.0. The van der Waals surface area contributed by atoms with Gasteiger partial charge in [-0.15, -0.1) is 0 Å². The van der Waals surface area contributed by atoms with Crippen LogP contribution in [0.4, 0.5) is 5.69 Å². The highest BCUT2D eigenvalue weighted by molar-refractivity contribution is 5.49. The highest BCUT2D eigenvalue weighted by Crippen LogP contribution is 2.20. The van der Waals surface area contributed by atoms with Gasteiger partial charge in [0.1, 0.15) is 0 Å². The molecule has 1 N–H and O–H groups in total. The van der Waals surface area contributed by atoms with Gasteiger partial charge in [-0.25, -0.2) is 0 Å². The number of nitrogens with one attached hydrogen (secondary N) is 1. The number of hydrogen-bond donors (Lipinski definition) is 1. The minimum Gasteiger partial charge on any atom is -0.380 e. The molecule has 1 aromatic rings. The van der Waals surface area contributed by atoms with Crippen LogP contribution in [-0.4, -0.2) is 5.54 Å². The zero-order valence-corrected chi connectivity index (χ0v) is 9.94. The van der Waals surface area contributed by atoms with Crippen molar-refractivity contribution in [2.75, 3.05) is 5.32 Å². The third-order valence-electron chi connectivity index (χ3n) is 2.59. The molecule has 0 unspecified atom stereocenters. The fraction of sp³-hybridized carbons (Fsp3) is 0.538. The van der Waals surface area contributed by atoms with Crippen LogP contribution in [0.5, 0.6) is 0 Å². The van der Waals surface area contributed by atoms with E-state index in [9.17, 15) is 0 Å². The molecular weight excluding hydrogens is 170 g/mol. The Bertz CT molecular complexity index is 293. The van der Waals surface area contributed by atoms with Crippen LogP contribution in [0.3, 0.4) is 0 Å². The molecular formula is C13H21N. The zero-order chi connectivity index (χ0) is 10.8. The molecule has 0 saturated carbocycles. The first kappa shape index (κ1) is 11.1. The highest BCUT2D eigenvalue weighted by Gasteiger charge is 2.13. The van der Waals surface area contributed by atoms with Gasteiger partial charge in [0.05, 0.1) is 0 Å². The molecule has 1 rings (SSSR count). The molecule has 0 bridgehead atoms. The van der Waals surface area contributed by atoms with E-state index in [1.54, 1.807) is 0 Å². The van der Waals surface area contributed by atoms with Crippen LogP contribution in [0.15, 0.2) is 18.2 Å². The summed E-state index contributed by atoms with van der Waals surface area (Å²) in [5.41, 5.74) is 4.05. The van der Waals surface area contributed by atoms with Crippen molar-refractivity contribution in [3.63, 3.8) is 0 Å². The first-order valence-corrected chi connectivity index (χ1v) is 5.29. The predicted octanol–water partition coefficient (Wildman–Crippen LogP) is 3.90. The molecule has 0 saturated heterocycles. The Labute approximate surface area is 87.5 Å². The molecule has 78 valence electrons. The van der Waals surface area contributed by atoms with E-state index in [0.717, 1.165) is 6.42 Å². The lowest BCUT2D eigenvalue weighted by Gasteiger charge is -2.26. The van der Waals surface area contributed by atoms with Gasteiger partial charge in [0.2, 0.25) is 0 Å². The van der Waals surface area contributed by atoms with E-state index in [-0.39, 0.29) is 5.54 Å². The summed E-state index contributed by atoms with van der Waals surface area (Å²) < 4.78 is 0. The third-order valence-corrected chi connectivity index (χ3v) is 2.59. The molecule has 1 heteroatoms. The van der Waals surface area contributed by atoms with E-state index in [1.807, 2.05) is 0 Å². The molecule has 0 aliphatic rings. The van der Waals surface area contributed by atoms with E-state index in [1.165, 1.54) is 16.8 Å². The summed E-state index contributed by atoms with van der Waals surface area (Å²) in [7, 11) is 0. The first-order chi connectivity index (χ1) is 6.43. The number of anilines is 1. The number of rotatable bonds is 3. The van der Waals surface area contributed by atoms with Crippen molar-refractivity contribution >= 4 is 5.69 Å². The fourth-order valence-corrected chi connectivity index (χ4v) is 1.53. The van der Waals surface area contributed by atoms with Crippen LogP contribution in [0.2, 0.25) is 0 Å². The Kier molecular flexibility index (Phi) is 3.20. The lowest BCUT2D eigenvalue weighted by Crippen LogP contribution is -2.29. The molecule has 0 heterocycles. The van der Waals surface area contributed by atoms with Crippen molar-refractivity contribution in [2.45, 2.75) is 46.6 Å². The topological polar surface area (TPSA) is 12.0 Å². The summed E-state index contributed by atoms with van der Waals surface area (Å²) in [5, 5.41) is 3.55. The number of aryl methyl sites for hydroxylation is 2. The maximum atomic E-state index is 3.55. The third kappa shape index (κ3) is 3.06. The van der Waals surface area contributed by atoms with E-state index in [0.29, 0.717) is 0 Å². The molecule has 0 fully saturated rings. The van der Waals surface area contributed by atoms with E-state index < -0.39 is 0 Å². The van der Waals surface area contributed by atoms with Crippen molar-refractivity contribution in [3.05, 3.63) is 29.3 Å². The van der Waals surface area contributed by atoms with Crippen LogP contribution >= 0.6 is 0 Å².